The molecule has 1 heterocycles. The Morgan fingerprint density at radius 1 is 1.04 bits per heavy atom. The molecule has 0 bridgehead atoms. The molecule has 0 aromatic heterocycles. The Labute approximate surface area is 157 Å². The first-order chi connectivity index (χ1) is 13.0. The number of esters is 1. The van der Waals surface area contributed by atoms with Crippen molar-refractivity contribution in [2.24, 2.45) is 0 Å². The number of carbonyl (C=O) groups excluding carboxylic acids is 2. The van der Waals surface area contributed by atoms with E-state index in [-0.39, 0.29) is 23.2 Å². The third-order valence-electron chi connectivity index (χ3n) is 5.21. The van der Waals surface area contributed by atoms with Crippen LogP contribution in [0.5, 0.6) is 5.75 Å². The van der Waals surface area contributed by atoms with Crippen molar-refractivity contribution >= 4 is 11.9 Å². The zero-order valence-electron chi connectivity index (χ0n) is 15.4. The number of halogens is 1. The number of hydrogen-bond acceptors (Lipinski definition) is 4. The van der Waals surface area contributed by atoms with Crippen molar-refractivity contribution in [2.75, 3.05) is 27.3 Å². The minimum absolute atomic E-state index is 0.0963. The van der Waals surface area contributed by atoms with Crippen LogP contribution >= 0.6 is 0 Å². The summed E-state index contributed by atoms with van der Waals surface area (Å²) < 4.78 is 23.9. The molecule has 6 heteroatoms. The molecule has 2 aromatic carbocycles. The third-order valence-corrected chi connectivity index (χ3v) is 5.21. The molecular formula is C21H22FNO4. The van der Waals surface area contributed by atoms with Gasteiger partial charge in [-0.05, 0) is 36.6 Å². The molecule has 5 nitrogen and oxygen atoms in total. The van der Waals surface area contributed by atoms with Gasteiger partial charge >= 0.3 is 5.97 Å². The summed E-state index contributed by atoms with van der Waals surface area (Å²) in [7, 11) is 2.76. The lowest BCUT2D eigenvalue weighted by atomic mass is 9.72. The molecular weight excluding hydrogens is 349 g/mol. The summed E-state index contributed by atoms with van der Waals surface area (Å²) in [6, 6.07) is 13.7. The lowest BCUT2D eigenvalue weighted by Gasteiger charge is -2.40. The van der Waals surface area contributed by atoms with Crippen LogP contribution in [0.3, 0.4) is 0 Å². The normalized spacial score (nSPS) is 15.9. The highest BCUT2D eigenvalue weighted by atomic mass is 19.1. The highest BCUT2D eigenvalue weighted by molar-refractivity contribution is 5.95. The molecule has 1 fully saturated rings. The molecule has 1 amide bonds. The molecule has 27 heavy (non-hydrogen) atoms. The van der Waals surface area contributed by atoms with Crippen LogP contribution in [0.2, 0.25) is 0 Å². The molecule has 0 saturated carbocycles. The van der Waals surface area contributed by atoms with Crippen molar-refractivity contribution in [3.05, 3.63) is 65.5 Å². The van der Waals surface area contributed by atoms with Crippen molar-refractivity contribution in [3.63, 3.8) is 0 Å². The van der Waals surface area contributed by atoms with Crippen LogP contribution in [0.1, 0.15) is 28.8 Å². The summed E-state index contributed by atoms with van der Waals surface area (Å²) >= 11 is 0. The minimum atomic E-state index is -0.766. The van der Waals surface area contributed by atoms with E-state index in [0.29, 0.717) is 25.9 Å². The number of hydrogen-bond donors (Lipinski definition) is 0. The van der Waals surface area contributed by atoms with Crippen molar-refractivity contribution in [1.82, 2.24) is 4.90 Å². The number of nitrogens with zero attached hydrogens (tertiary/aromatic N) is 1. The molecule has 1 aliphatic heterocycles. The van der Waals surface area contributed by atoms with Crippen LogP contribution in [0.4, 0.5) is 4.39 Å². The van der Waals surface area contributed by atoms with E-state index in [1.165, 1.54) is 26.4 Å². The molecule has 142 valence electrons. The Kier molecular flexibility index (Phi) is 5.44. The number of piperidine rings is 1. The van der Waals surface area contributed by atoms with Gasteiger partial charge in [0, 0.05) is 18.7 Å². The molecule has 2 aromatic rings. The van der Waals surface area contributed by atoms with Gasteiger partial charge in [-0.2, -0.15) is 0 Å². The second-order valence-corrected chi connectivity index (χ2v) is 6.58. The molecule has 1 saturated heterocycles. The van der Waals surface area contributed by atoms with E-state index in [0.717, 1.165) is 5.56 Å². The zero-order chi connectivity index (χ0) is 19.4. The summed E-state index contributed by atoms with van der Waals surface area (Å²) in [4.78, 5) is 26.9. The standard InChI is InChI=1S/C21H22FNO4/c1-26-18-9-8-15(14-17(18)22)19(24)23-12-10-21(11-13-23,20(25)27-2)16-6-4-3-5-7-16/h3-9,14H,10-13H2,1-2H3. The third kappa shape index (κ3) is 3.52. The number of methoxy groups -OCH3 is 2. The monoisotopic (exact) mass is 371 g/mol. The highest BCUT2D eigenvalue weighted by Crippen LogP contribution is 2.37. The Bertz CT molecular complexity index is 829. The van der Waals surface area contributed by atoms with E-state index in [2.05, 4.69) is 0 Å². The van der Waals surface area contributed by atoms with Crippen LogP contribution < -0.4 is 4.74 Å². The van der Waals surface area contributed by atoms with E-state index in [1.54, 1.807) is 11.0 Å². The van der Waals surface area contributed by atoms with Gasteiger partial charge in [-0.3, -0.25) is 9.59 Å². The van der Waals surface area contributed by atoms with Crippen LogP contribution in [0.15, 0.2) is 48.5 Å². The van der Waals surface area contributed by atoms with Crippen LogP contribution in [0.25, 0.3) is 0 Å². The first-order valence-corrected chi connectivity index (χ1v) is 8.78. The quantitative estimate of drug-likeness (QED) is 0.775. The average molecular weight is 371 g/mol. The van der Waals surface area contributed by atoms with Gasteiger partial charge in [-0.25, -0.2) is 4.39 Å². The van der Waals surface area contributed by atoms with Crippen LogP contribution in [0, 0.1) is 5.82 Å². The largest absolute Gasteiger partial charge is 0.494 e. The molecule has 0 unspecified atom stereocenters. The number of amides is 1. The van der Waals surface area contributed by atoms with Gasteiger partial charge < -0.3 is 14.4 Å². The fourth-order valence-corrected chi connectivity index (χ4v) is 3.64. The van der Waals surface area contributed by atoms with Crippen molar-refractivity contribution in [1.29, 1.82) is 0 Å². The summed E-state index contributed by atoms with van der Waals surface area (Å²) in [5.41, 5.74) is 0.385. The Balaban J connectivity index is 1.79. The fourth-order valence-electron chi connectivity index (χ4n) is 3.64. The Morgan fingerprint density at radius 2 is 1.70 bits per heavy atom. The molecule has 0 spiro atoms. The summed E-state index contributed by atoms with van der Waals surface area (Å²) in [5.74, 6) is -1.04. The molecule has 0 radical (unpaired) electrons. The van der Waals surface area contributed by atoms with Gasteiger partial charge in [0.25, 0.3) is 5.91 Å². The summed E-state index contributed by atoms with van der Waals surface area (Å²) in [5, 5.41) is 0. The molecule has 0 atom stereocenters. The minimum Gasteiger partial charge on any atom is -0.494 e. The second kappa shape index (κ2) is 7.78. The number of ether oxygens (including phenoxy) is 2. The first kappa shape index (κ1) is 18.9. The average Bonchev–Trinajstić information content (AvgIpc) is 2.73. The number of likely N-dealkylation sites (tertiary alicyclic amines) is 1. The molecule has 0 aliphatic carbocycles. The van der Waals surface area contributed by atoms with Gasteiger partial charge in [-0.15, -0.1) is 0 Å². The van der Waals surface area contributed by atoms with Gasteiger partial charge in [0.2, 0.25) is 0 Å². The Morgan fingerprint density at radius 3 is 2.26 bits per heavy atom. The van der Waals surface area contributed by atoms with E-state index >= 15 is 0 Å². The van der Waals surface area contributed by atoms with Gasteiger partial charge in [0.1, 0.15) is 0 Å². The molecule has 1 aliphatic rings. The summed E-state index contributed by atoms with van der Waals surface area (Å²) in [6.07, 6.45) is 0.905. The lowest BCUT2D eigenvalue weighted by molar-refractivity contribution is -0.149. The van der Waals surface area contributed by atoms with E-state index in [9.17, 15) is 14.0 Å². The van der Waals surface area contributed by atoms with Crippen LogP contribution in [-0.4, -0.2) is 44.1 Å². The molecule has 3 rings (SSSR count). The van der Waals surface area contributed by atoms with Crippen molar-refractivity contribution in [3.8, 4) is 5.75 Å². The maximum atomic E-state index is 13.9. The van der Waals surface area contributed by atoms with Crippen molar-refractivity contribution in [2.45, 2.75) is 18.3 Å². The van der Waals surface area contributed by atoms with E-state index < -0.39 is 11.2 Å². The van der Waals surface area contributed by atoms with Crippen molar-refractivity contribution < 1.29 is 23.5 Å². The Hall–Kier alpha value is -2.89. The highest BCUT2D eigenvalue weighted by Gasteiger charge is 2.44. The number of carbonyl (C=O) groups is 2. The van der Waals surface area contributed by atoms with Gasteiger partial charge in [0.05, 0.1) is 19.6 Å². The predicted octanol–water partition coefficient (Wildman–Crippen LogP) is 3.18. The lowest BCUT2D eigenvalue weighted by Crippen LogP contribution is -2.49. The van der Waals surface area contributed by atoms with Crippen LogP contribution in [-0.2, 0) is 14.9 Å². The van der Waals surface area contributed by atoms with Gasteiger partial charge in [-0.1, -0.05) is 30.3 Å². The maximum absolute atomic E-state index is 13.9. The predicted molar refractivity (Wildman–Crippen MR) is 98.2 cm³/mol. The number of benzene rings is 2. The first-order valence-electron chi connectivity index (χ1n) is 8.78. The topological polar surface area (TPSA) is 55.8 Å². The van der Waals surface area contributed by atoms with Gasteiger partial charge in [0.15, 0.2) is 11.6 Å². The second-order valence-electron chi connectivity index (χ2n) is 6.58. The van der Waals surface area contributed by atoms with E-state index in [4.69, 9.17) is 9.47 Å². The van der Waals surface area contributed by atoms with E-state index in [1.807, 2.05) is 30.3 Å². The summed E-state index contributed by atoms with van der Waals surface area (Å²) in [6.45, 7) is 0.771. The smallest absolute Gasteiger partial charge is 0.316 e. The zero-order valence-corrected chi connectivity index (χ0v) is 15.4. The fraction of sp³-hybridized carbons (Fsp3) is 0.333. The maximum Gasteiger partial charge on any atom is 0.316 e. The molecule has 0 N–H and O–H groups in total. The number of rotatable bonds is 4. The SMILES string of the molecule is COC(=O)C1(c2ccccc2)CCN(C(=O)c2ccc(OC)c(F)c2)CC1.